The van der Waals surface area contributed by atoms with Gasteiger partial charge >= 0.3 is 0 Å². The van der Waals surface area contributed by atoms with Crippen molar-refractivity contribution in [2.75, 3.05) is 0 Å². The maximum absolute atomic E-state index is 10.4. The summed E-state index contributed by atoms with van der Waals surface area (Å²) >= 11 is 0. The van der Waals surface area contributed by atoms with Crippen molar-refractivity contribution in [2.45, 2.75) is 18.4 Å². The van der Waals surface area contributed by atoms with Gasteiger partial charge in [-0.25, -0.2) is 0 Å². The molecule has 2 rings (SSSR count). The van der Waals surface area contributed by atoms with Crippen LogP contribution in [0.3, 0.4) is 0 Å². The Morgan fingerprint density at radius 2 is 2.00 bits per heavy atom. The average molecular weight is 163 g/mol. The molecule has 1 saturated carbocycles. The normalized spacial score (nSPS) is 26.7. The van der Waals surface area contributed by atoms with Crippen LogP contribution in [0.2, 0.25) is 0 Å². The summed E-state index contributed by atoms with van der Waals surface area (Å²) in [5.74, 6) is 0.168. The van der Waals surface area contributed by atoms with E-state index in [2.05, 4.69) is 0 Å². The third kappa shape index (κ3) is 1.18. The molecule has 0 saturated heterocycles. The molecule has 0 aromatic heterocycles. The summed E-state index contributed by atoms with van der Waals surface area (Å²) in [4.78, 5) is 10.2. The lowest BCUT2D eigenvalue weighted by molar-refractivity contribution is -0.496. The van der Waals surface area contributed by atoms with Crippen molar-refractivity contribution in [3.8, 4) is 0 Å². The first-order valence-electron chi connectivity index (χ1n) is 3.97. The highest BCUT2D eigenvalue weighted by molar-refractivity contribution is 5.26. The summed E-state index contributed by atoms with van der Waals surface area (Å²) in [6.45, 7) is 0. The first-order chi connectivity index (χ1) is 5.79. The van der Waals surface area contributed by atoms with E-state index in [1.165, 1.54) is 0 Å². The van der Waals surface area contributed by atoms with Gasteiger partial charge in [0.15, 0.2) is 0 Å². The third-order valence-electron chi connectivity index (χ3n) is 2.26. The molecule has 0 aliphatic heterocycles. The largest absolute Gasteiger partial charge is 0.264 e. The van der Waals surface area contributed by atoms with E-state index < -0.39 is 0 Å². The molecule has 62 valence electrons. The fourth-order valence-corrected chi connectivity index (χ4v) is 1.47. The SMILES string of the molecule is O=[N+]([O-])C1CC1c1ccccc1. The van der Waals surface area contributed by atoms with Gasteiger partial charge < -0.3 is 0 Å². The molecule has 2 atom stereocenters. The highest BCUT2D eigenvalue weighted by atomic mass is 16.6. The lowest BCUT2D eigenvalue weighted by Crippen LogP contribution is -2.02. The Balaban J connectivity index is 2.11. The van der Waals surface area contributed by atoms with Crippen molar-refractivity contribution < 1.29 is 4.92 Å². The Hall–Kier alpha value is -1.38. The summed E-state index contributed by atoms with van der Waals surface area (Å²) in [6.07, 6.45) is 0.705. The van der Waals surface area contributed by atoms with Crippen molar-refractivity contribution in [2.24, 2.45) is 0 Å². The predicted octanol–water partition coefficient (Wildman–Crippen LogP) is 1.82. The third-order valence-corrected chi connectivity index (χ3v) is 2.26. The van der Waals surface area contributed by atoms with Gasteiger partial charge in [0.25, 0.3) is 0 Å². The standard InChI is InChI=1S/C9H9NO2/c11-10(12)9-6-8(9)7-4-2-1-3-5-7/h1-5,8-9H,6H2. The van der Waals surface area contributed by atoms with E-state index in [9.17, 15) is 10.1 Å². The smallest absolute Gasteiger partial charge is 0.221 e. The van der Waals surface area contributed by atoms with Crippen LogP contribution >= 0.6 is 0 Å². The molecule has 12 heavy (non-hydrogen) atoms. The Bertz CT molecular complexity index is 297. The molecule has 1 aliphatic carbocycles. The van der Waals surface area contributed by atoms with Crippen LogP contribution in [0, 0.1) is 10.1 Å². The zero-order valence-corrected chi connectivity index (χ0v) is 6.51. The summed E-state index contributed by atoms with van der Waals surface area (Å²) in [5, 5.41) is 10.4. The molecule has 3 heteroatoms. The minimum atomic E-state index is -0.326. The van der Waals surface area contributed by atoms with Crippen LogP contribution in [0.15, 0.2) is 30.3 Å². The van der Waals surface area contributed by atoms with Crippen molar-refractivity contribution in [1.29, 1.82) is 0 Å². The van der Waals surface area contributed by atoms with E-state index in [0.29, 0.717) is 6.42 Å². The van der Waals surface area contributed by atoms with E-state index in [-0.39, 0.29) is 16.9 Å². The molecule has 0 heterocycles. The highest BCUT2D eigenvalue weighted by Crippen LogP contribution is 2.42. The maximum atomic E-state index is 10.4. The van der Waals surface area contributed by atoms with Crippen molar-refractivity contribution in [3.63, 3.8) is 0 Å². The van der Waals surface area contributed by atoms with Gasteiger partial charge in [-0.1, -0.05) is 30.3 Å². The monoisotopic (exact) mass is 163 g/mol. The van der Waals surface area contributed by atoms with E-state index >= 15 is 0 Å². The lowest BCUT2D eigenvalue weighted by Gasteiger charge is -1.93. The van der Waals surface area contributed by atoms with E-state index in [1.54, 1.807) is 0 Å². The predicted molar refractivity (Wildman–Crippen MR) is 44.6 cm³/mol. The second-order valence-corrected chi connectivity index (χ2v) is 3.11. The molecular weight excluding hydrogens is 154 g/mol. The molecule has 0 spiro atoms. The second-order valence-electron chi connectivity index (χ2n) is 3.11. The fraction of sp³-hybridized carbons (Fsp3) is 0.333. The van der Waals surface area contributed by atoms with E-state index in [0.717, 1.165) is 5.56 Å². The maximum Gasteiger partial charge on any atom is 0.221 e. The molecular formula is C9H9NO2. The van der Waals surface area contributed by atoms with Gasteiger partial charge in [0.05, 0.1) is 5.92 Å². The topological polar surface area (TPSA) is 43.1 Å². The Labute approximate surface area is 70.2 Å². The molecule has 1 aromatic carbocycles. The molecule has 0 bridgehead atoms. The van der Waals surface area contributed by atoms with E-state index in [4.69, 9.17) is 0 Å². The Morgan fingerprint density at radius 3 is 2.50 bits per heavy atom. The molecule has 1 fully saturated rings. The average Bonchev–Trinajstić information content (AvgIpc) is 2.84. The van der Waals surface area contributed by atoms with E-state index in [1.807, 2.05) is 30.3 Å². The first kappa shape index (κ1) is 7.28. The van der Waals surface area contributed by atoms with Crippen LogP contribution in [0.5, 0.6) is 0 Å². The quantitative estimate of drug-likeness (QED) is 0.493. The van der Waals surface area contributed by atoms with Gasteiger partial charge in [0, 0.05) is 11.3 Å². The van der Waals surface area contributed by atoms with Gasteiger partial charge in [0.1, 0.15) is 0 Å². The fourth-order valence-electron chi connectivity index (χ4n) is 1.47. The molecule has 0 amide bonds. The van der Waals surface area contributed by atoms with Crippen LogP contribution in [-0.4, -0.2) is 11.0 Å². The molecule has 0 radical (unpaired) electrons. The van der Waals surface area contributed by atoms with Crippen molar-refractivity contribution >= 4 is 0 Å². The van der Waals surface area contributed by atoms with Crippen LogP contribution in [0.25, 0.3) is 0 Å². The minimum Gasteiger partial charge on any atom is -0.264 e. The van der Waals surface area contributed by atoms with Gasteiger partial charge in [0.2, 0.25) is 6.04 Å². The van der Waals surface area contributed by atoms with Gasteiger partial charge in [-0.05, 0) is 5.56 Å². The summed E-state index contributed by atoms with van der Waals surface area (Å²) < 4.78 is 0. The highest BCUT2D eigenvalue weighted by Gasteiger charge is 2.48. The number of nitrogens with zero attached hydrogens (tertiary/aromatic N) is 1. The number of benzene rings is 1. The molecule has 3 nitrogen and oxygen atoms in total. The first-order valence-corrected chi connectivity index (χ1v) is 3.97. The number of nitro groups is 1. The molecule has 1 aliphatic rings. The number of hydrogen-bond donors (Lipinski definition) is 0. The summed E-state index contributed by atoms with van der Waals surface area (Å²) in [6, 6.07) is 9.34. The van der Waals surface area contributed by atoms with Crippen molar-refractivity contribution in [3.05, 3.63) is 46.0 Å². The van der Waals surface area contributed by atoms with Crippen LogP contribution in [0.1, 0.15) is 17.9 Å². The zero-order valence-electron chi connectivity index (χ0n) is 6.51. The number of hydrogen-bond acceptors (Lipinski definition) is 2. The van der Waals surface area contributed by atoms with Crippen LogP contribution < -0.4 is 0 Å². The van der Waals surface area contributed by atoms with Gasteiger partial charge in [-0.2, -0.15) is 0 Å². The lowest BCUT2D eigenvalue weighted by atomic mass is 10.1. The van der Waals surface area contributed by atoms with Gasteiger partial charge in [-0.3, -0.25) is 10.1 Å². The Kier molecular flexibility index (Phi) is 1.57. The molecule has 0 N–H and O–H groups in total. The molecule has 2 unspecified atom stereocenters. The van der Waals surface area contributed by atoms with Crippen LogP contribution in [0.4, 0.5) is 0 Å². The molecule has 1 aromatic rings. The zero-order chi connectivity index (χ0) is 8.55. The second kappa shape index (κ2) is 2.59. The van der Waals surface area contributed by atoms with Gasteiger partial charge in [-0.15, -0.1) is 0 Å². The van der Waals surface area contributed by atoms with Crippen molar-refractivity contribution in [1.82, 2.24) is 0 Å². The minimum absolute atomic E-state index is 0.168. The van der Waals surface area contributed by atoms with Crippen LogP contribution in [-0.2, 0) is 0 Å². The summed E-state index contributed by atoms with van der Waals surface area (Å²) in [7, 11) is 0. The number of rotatable bonds is 2. The Morgan fingerprint density at radius 1 is 1.33 bits per heavy atom. The summed E-state index contributed by atoms with van der Waals surface area (Å²) in [5.41, 5.74) is 1.10.